The third-order valence-corrected chi connectivity index (χ3v) is 2.14. The molecular formula is C11H20. The molecule has 0 heterocycles. The molecule has 0 saturated heterocycles. The van der Waals surface area contributed by atoms with E-state index in [1.807, 2.05) is 12.2 Å². The van der Waals surface area contributed by atoms with Gasteiger partial charge in [-0.1, -0.05) is 25.5 Å². The van der Waals surface area contributed by atoms with E-state index < -0.39 is 0 Å². The van der Waals surface area contributed by atoms with Crippen LogP contribution in [0.25, 0.3) is 0 Å². The predicted octanol–water partition coefficient (Wildman–Crippen LogP) is 3.95. The Balaban J connectivity index is 3.39. The van der Waals surface area contributed by atoms with Crippen LogP contribution in [0.5, 0.6) is 0 Å². The standard InChI is InChI=1S/C11H20/c1-4-7-9-11(6-3)10-8-5-2/h4-5,11H,1-2,6-10H2,3H3. The number of allylic oxidation sites excluding steroid dienone is 2. The summed E-state index contributed by atoms with van der Waals surface area (Å²) >= 11 is 0. The van der Waals surface area contributed by atoms with Crippen LogP contribution in [0.15, 0.2) is 25.3 Å². The molecule has 0 unspecified atom stereocenters. The Morgan fingerprint density at radius 2 is 1.55 bits per heavy atom. The fourth-order valence-corrected chi connectivity index (χ4v) is 1.26. The van der Waals surface area contributed by atoms with E-state index in [4.69, 9.17) is 0 Å². The van der Waals surface area contributed by atoms with Gasteiger partial charge in [0.15, 0.2) is 0 Å². The average Bonchev–Trinajstić information content (AvgIpc) is 2.05. The molecular weight excluding hydrogens is 132 g/mol. The van der Waals surface area contributed by atoms with E-state index in [9.17, 15) is 0 Å². The second kappa shape index (κ2) is 7.59. The molecule has 0 radical (unpaired) electrons. The second-order valence-electron chi connectivity index (χ2n) is 3.01. The molecule has 0 aromatic heterocycles. The summed E-state index contributed by atoms with van der Waals surface area (Å²) in [5.41, 5.74) is 0. The second-order valence-corrected chi connectivity index (χ2v) is 3.01. The zero-order valence-corrected chi connectivity index (χ0v) is 7.68. The van der Waals surface area contributed by atoms with Gasteiger partial charge in [0.25, 0.3) is 0 Å². The molecule has 0 spiro atoms. The minimum absolute atomic E-state index is 0.881. The van der Waals surface area contributed by atoms with Crippen molar-refractivity contribution in [2.45, 2.75) is 39.0 Å². The van der Waals surface area contributed by atoms with Crippen molar-refractivity contribution in [3.63, 3.8) is 0 Å². The van der Waals surface area contributed by atoms with E-state index in [0.29, 0.717) is 0 Å². The fourth-order valence-electron chi connectivity index (χ4n) is 1.26. The van der Waals surface area contributed by atoms with Crippen LogP contribution in [0.2, 0.25) is 0 Å². The third-order valence-electron chi connectivity index (χ3n) is 2.14. The average molecular weight is 152 g/mol. The fraction of sp³-hybridized carbons (Fsp3) is 0.636. The highest BCUT2D eigenvalue weighted by Gasteiger charge is 2.02. The van der Waals surface area contributed by atoms with Crippen molar-refractivity contribution in [2.24, 2.45) is 5.92 Å². The van der Waals surface area contributed by atoms with Gasteiger partial charge in [0.05, 0.1) is 0 Å². The lowest BCUT2D eigenvalue weighted by Gasteiger charge is -2.11. The van der Waals surface area contributed by atoms with E-state index in [0.717, 1.165) is 18.8 Å². The van der Waals surface area contributed by atoms with Gasteiger partial charge in [-0.3, -0.25) is 0 Å². The SMILES string of the molecule is C=CCCC(CC)CCC=C. The Hall–Kier alpha value is -0.520. The van der Waals surface area contributed by atoms with Crippen molar-refractivity contribution < 1.29 is 0 Å². The molecule has 0 fully saturated rings. The minimum Gasteiger partial charge on any atom is -0.103 e. The third kappa shape index (κ3) is 5.90. The maximum absolute atomic E-state index is 3.73. The maximum Gasteiger partial charge on any atom is -0.0351 e. The largest absolute Gasteiger partial charge is 0.103 e. The van der Waals surface area contributed by atoms with Crippen molar-refractivity contribution in [3.05, 3.63) is 25.3 Å². The Labute approximate surface area is 71.0 Å². The van der Waals surface area contributed by atoms with E-state index in [1.54, 1.807) is 0 Å². The molecule has 0 bridgehead atoms. The normalized spacial score (nSPS) is 10.0. The molecule has 0 aromatic rings. The molecule has 0 nitrogen and oxygen atoms in total. The van der Waals surface area contributed by atoms with E-state index in [2.05, 4.69) is 20.1 Å². The molecule has 0 aliphatic carbocycles. The number of hydrogen-bond acceptors (Lipinski definition) is 0. The highest BCUT2D eigenvalue weighted by molar-refractivity contribution is 4.73. The molecule has 0 aliphatic rings. The van der Waals surface area contributed by atoms with Crippen LogP contribution < -0.4 is 0 Å². The molecule has 0 aromatic carbocycles. The summed E-state index contributed by atoms with van der Waals surface area (Å²) in [5, 5.41) is 0. The zero-order valence-electron chi connectivity index (χ0n) is 7.68. The van der Waals surface area contributed by atoms with Crippen LogP contribution in [0, 0.1) is 5.92 Å². The van der Waals surface area contributed by atoms with Crippen molar-refractivity contribution in [1.29, 1.82) is 0 Å². The van der Waals surface area contributed by atoms with E-state index in [1.165, 1.54) is 19.3 Å². The van der Waals surface area contributed by atoms with Gasteiger partial charge in [0.2, 0.25) is 0 Å². The zero-order chi connectivity index (χ0) is 8.53. The summed E-state index contributed by atoms with van der Waals surface area (Å²) in [6.07, 6.45) is 10.2. The van der Waals surface area contributed by atoms with Crippen molar-refractivity contribution in [1.82, 2.24) is 0 Å². The lowest BCUT2D eigenvalue weighted by Crippen LogP contribution is -1.96. The summed E-state index contributed by atoms with van der Waals surface area (Å²) in [6, 6.07) is 0. The first-order valence-corrected chi connectivity index (χ1v) is 4.56. The number of hydrogen-bond donors (Lipinski definition) is 0. The first-order chi connectivity index (χ1) is 5.35. The molecule has 0 aliphatic heterocycles. The van der Waals surface area contributed by atoms with Gasteiger partial charge in [-0.15, -0.1) is 13.2 Å². The molecule has 0 saturated carbocycles. The van der Waals surface area contributed by atoms with Gasteiger partial charge in [-0.2, -0.15) is 0 Å². The summed E-state index contributed by atoms with van der Waals surface area (Å²) in [4.78, 5) is 0. The van der Waals surface area contributed by atoms with Crippen LogP contribution in [-0.2, 0) is 0 Å². The lowest BCUT2D eigenvalue weighted by molar-refractivity contribution is 0.444. The first kappa shape index (κ1) is 10.5. The van der Waals surface area contributed by atoms with Gasteiger partial charge in [0, 0.05) is 0 Å². The molecule has 64 valence electrons. The summed E-state index contributed by atoms with van der Waals surface area (Å²) < 4.78 is 0. The van der Waals surface area contributed by atoms with Crippen LogP contribution in [0.1, 0.15) is 39.0 Å². The van der Waals surface area contributed by atoms with Gasteiger partial charge >= 0.3 is 0 Å². The Morgan fingerprint density at radius 1 is 1.09 bits per heavy atom. The van der Waals surface area contributed by atoms with Crippen LogP contribution in [0.4, 0.5) is 0 Å². The van der Waals surface area contributed by atoms with Crippen molar-refractivity contribution in [2.75, 3.05) is 0 Å². The molecule has 0 rings (SSSR count). The Bertz CT molecular complexity index is 90.6. The lowest BCUT2D eigenvalue weighted by atomic mass is 9.95. The Morgan fingerprint density at radius 3 is 1.82 bits per heavy atom. The van der Waals surface area contributed by atoms with Gasteiger partial charge in [-0.25, -0.2) is 0 Å². The highest BCUT2D eigenvalue weighted by Crippen LogP contribution is 2.17. The van der Waals surface area contributed by atoms with Crippen molar-refractivity contribution in [3.8, 4) is 0 Å². The molecule has 0 amide bonds. The molecule has 0 heteroatoms. The van der Waals surface area contributed by atoms with Gasteiger partial charge in [0.1, 0.15) is 0 Å². The van der Waals surface area contributed by atoms with Crippen LogP contribution in [-0.4, -0.2) is 0 Å². The van der Waals surface area contributed by atoms with Gasteiger partial charge < -0.3 is 0 Å². The summed E-state index contributed by atoms with van der Waals surface area (Å²) in [5.74, 6) is 0.881. The summed E-state index contributed by atoms with van der Waals surface area (Å²) in [6.45, 7) is 9.71. The maximum atomic E-state index is 3.73. The topological polar surface area (TPSA) is 0 Å². The van der Waals surface area contributed by atoms with E-state index in [-0.39, 0.29) is 0 Å². The van der Waals surface area contributed by atoms with Crippen LogP contribution >= 0.6 is 0 Å². The number of rotatable bonds is 7. The van der Waals surface area contributed by atoms with Crippen LogP contribution in [0.3, 0.4) is 0 Å². The minimum atomic E-state index is 0.881. The smallest absolute Gasteiger partial charge is 0.0351 e. The summed E-state index contributed by atoms with van der Waals surface area (Å²) in [7, 11) is 0. The van der Waals surface area contributed by atoms with Gasteiger partial charge in [-0.05, 0) is 31.6 Å². The van der Waals surface area contributed by atoms with E-state index >= 15 is 0 Å². The highest BCUT2D eigenvalue weighted by atomic mass is 14.1. The van der Waals surface area contributed by atoms with Crippen molar-refractivity contribution >= 4 is 0 Å². The Kier molecular flexibility index (Phi) is 7.23. The first-order valence-electron chi connectivity index (χ1n) is 4.56. The predicted molar refractivity (Wildman–Crippen MR) is 52.6 cm³/mol. The quantitative estimate of drug-likeness (QED) is 0.485. The molecule has 0 N–H and O–H groups in total. The molecule has 0 atom stereocenters. The molecule has 11 heavy (non-hydrogen) atoms. The monoisotopic (exact) mass is 152 g/mol.